The van der Waals surface area contributed by atoms with E-state index in [9.17, 15) is 10.4 Å². The predicted octanol–water partition coefficient (Wildman–Crippen LogP) is 0.758. The van der Waals surface area contributed by atoms with Gasteiger partial charge in [-0.1, -0.05) is 17.2 Å². The average Bonchev–Trinajstić information content (AvgIpc) is 2.87. The number of anilines is 2. The summed E-state index contributed by atoms with van der Waals surface area (Å²) in [7, 11) is 0. The van der Waals surface area contributed by atoms with Gasteiger partial charge in [0.2, 0.25) is 0 Å². The van der Waals surface area contributed by atoms with Crippen molar-refractivity contribution in [2.75, 3.05) is 23.3 Å². The Hall–Kier alpha value is -1.79. The Morgan fingerprint density at radius 2 is 1.71 bits per heavy atom. The van der Waals surface area contributed by atoms with Gasteiger partial charge in [0.05, 0.1) is 13.1 Å². The molecule has 3 rings (SSSR count). The highest BCUT2D eigenvalue weighted by molar-refractivity contribution is 5.97. The predicted molar refractivity (Wildman–Crippen MR) is 62.3 cm³/mol. The molecule has 1 aromatic rings. The van der Waals surface area contributed by atoms with E-state index >= 15 is 0 Å². The third kappa shape index (κ3) is 1.62. The van der Waals surface area contributed by atoms with Gasteiger partial charge in [-0.25, -0.2) is 5.21 Å². The average molecular weight is 235 g/mol. The molecule has 1 saturated heterocycles. The quantitative estimate of drug-likeness (QED) is 0.579. The van der Waals surface area contributed by atoms with E-state index < -0.39 is 0 Å². The highest BCUT2D eigenvalue weighted by Crippen LogP contribution is 2.29. The van der Waals surface area contributed by atoms with Crippen LogP contribution in [0.1, 0.15) is 12.8 Å². The number of hydrogen-bond acceptors (Lipinski definition) is 3. The zero-order valence-electron chi connectivity index (χ0n) is 9.37. The number of nitrogens with zero attached hydrogens (tertiary/aromatic N) is 3. The maximum atomic E-state index is 10.2. The number of hydroxylamine groups is 1. The van der Waals surface area contributed by atoms with Crippen LogP contribution in [-0.2, 0) is 0 Å². The van der Waals surface area contributed by atoms with Crippen LogP contribution in [0.25, 0.3) is 0 Å². The second-order valence-corrected chi connectivity index (χ2v) is 4.24. The van der Waals surface area contributed by atoms with Gasteiger partial charge in [0, 0.05) is 0 Å². The van der Waals surface area contributed by atoms with E-state index in [2.05, 4.69) is 5.43 Å². The molecule has 3 N–H and O–H groups in total. The molecule has 0 radical (unpaired) electrons. The van der Waals surface area contributed by atoms with E-state index in [0.29, 0.717) is 17.3 Å². The first-order chi connectivity index (χ1) is 8.27. The lowest BCUT2D eigenvalue weighted by Gasteiger charge is -2.27. The van der Waals surface area contributed by atoms with Crippen LogP contribution in [0.2, 0.25) is 0 Å². The van der Waals surface area contributed by atoms with Crippen molar-refractivity contribution in [2.24, 2.45) is 0 Å². The number of fused-ring (bicyclic) bond motifs is 1. The van der Waals surface area contributed by atoms with E-state index in [1.165, 1.54) is 0 Å². The van der Waals surface area contributed by atoms with Crippen molar-refractivity contribution in [1.29, 1.82) is 0 Å². The first-order valence-corrected chi connectivity index (χ1v) is 5.73. The lowest BCUT2D eigenvalue weighted by Crippen LogP contribution is -2.56. The van der Waals surface area contributed by atoms with Gasteiger partial charge < -0.3 is 0 Å². The summed E-state index contributed by atoms with van der Waals surface area (Å²) >= 11 is 0. The van der Waals surface area contributed by atoms with Crippen LogP contribution in [-0.4, -0.2) is 34.0 Å². The zero-order valence-corrected chi connectivity index (χ0v) is 9.37. The van der Waals surface area contributed by atoms with Crippen LogP contribution in [0.3, 0.4) is 0 Å². The van der Waals surface area contributed by atoms with Crippen molar-refractivity contribution >= 4 is 17.3 Å². The third-order valence-corrected chi connectivity index (χ3v) is 3.15. The number of hydrazine groups is 1. The van der Waals surface area contributed by atoms with Crippen LogP contribution in [0, 0.1) is 0 Å². The van der Waals surface area contributed by atoms with Crippen molar-refractivity contribution in [2.45, 2.75) is 12.8 Å². The van der Waals surface area contributed by atoms with Gasteiger partial charge in [-0.2, -0.15) is 5.43 Å². The molecule has 6 heteroatoms. The van der Waals surface area contributed by atoms with E-state index in [-0.39, 0.29) is 0 Å². The summed E-state index contributed by atoms with van der Waals surface area (Å²) in [6, 6.07) is 7.11. The van der Waals surface area contributed by atoms with Gasteiger partial charge in [0.1, 0.15) is 5.69 Å². The molecule has 0 spiro atoms. The van der Waals surface area contributed by atoms with E-state index in [4.69, 9.17) is 0 Å². The summed E-state index contributed by atoms with van der Waals surface area (Å²) in [4.78, 5) is 0. The fourth-order valence-electron chi connectivity index (χ4n) is 2.27. The molecule has 90 valence electrons. The largest absolute Gasteiger partial charge is 0.406 e. The fraction of sp³-hybridized carbons (Fsp3) is 0.364. The monoisotopic (exact) mass is 235 g/mol. The summed E-state index contributed by atoms with van der Waals surface area (Å²) in [5, 5.41) is 22.0. The second kappa shape index (κ2) is 3.90. The van der Waals surface area contributed by atoms with Gasteiger partial charge in [-0.15, -0.1) is 5.17 Å². The summed E-state index contributed by atoms with van der Waals surface area (Å²) in [6.45, 7) is 1.77. The standard InChI is InChI=1S/C11H14N4O2/c16-14-9-5-1-2-6-10(9)15(17)12-11(14)13-7-3-4-8-13/h1-2,5-6,16-17H,3-4,7-8H2/p+1. The van der Waals surface area contributed by atoms with Gasteiger partial charge in [-0.3, -0.25) is 9.78 Å². The molecular formula is C11H15N4O2+. The number of para-hydroxylation sites is 2. The molecule has 0 aliphatic carbocycles. The summed E-state index contributed by atoms with van der Waals surface area (Å²) < 4.78 is 2.01. The van der Waals surface area contributed by atoms with Gasteiger partial charge >= 0.3 is 5.96 Å². The van der Waals surface area contributed by atoms with Gasteiger partial charge in [0.25, 0.3) is 0 Å². The van der Waals surface area contributed by atoms with Crippen molar-refractivity contribution in [1.82, 2.24) is 5.43 Å². The summed E-state index contributed by atoms with van der Waals surface area (Å²) in [5.74, 6) is 0.503. The first-order valence-electron chi connectivity index (χ1n) is 5.73. The molecule has 0 aromatic heterocycles. The molecule has 2 aliphatic heterocycles. The SMILES string of the molecule is ON1NC(=[N+]2CCCC2)N(O)c2ccccc21. The Morgan fingerprint density at radius 1 is 1.06 bits per heavy atom. The summed E-state index contributed by atoms with van der Waals surface area (Å²) in [5.41, 5.74) is 3.86. The van der Waals surface area contributed by atoms with Crippen molar-refractivity contribution in [3.8, 4) is 0 Å². The first kappa shape index (κ1) is 10.4. The Bertz CT molecular complexity index is 466. The molecule has 0 amide bonds. The number of hydrogen-bond donors (Lipinski definition) is 3. The van der Waals surface area contributed by atoms with Crippen molar-refractivity contribution in [3.63, 3.8) is 0 Å². The third-order valence-electron chi connectivity index (χ3n) is 3.15. The topological polar surface area (TPSA) is 62.0 Å². The number of nitrogens with one attached hydrogen (secondary N) is 1. The number of benzene rings is 1. The molecule has 2 heterocycles. The zero-order chi connectivity index (χ0) is 11.8. The minimum absolute atomic E-state index is 0.503. The molecule has 17 heavy (non-hydrogen) atoms. The molecule has 0 bridgehead atoms. The van der Waals surface area contributed by atoms with Crippen LogP contribution < -0.4 is 15.7 Å². The Balaban J connectivity index is 2.06. The molecule has 2 aliphatic rings. The molecule has 6 nitrogen and oxygen atoms in total. The van der Waals surface area contributed by atoms with E-state index in [0.717, 1.165) is 36.2 Å². The van der Waals surface area contributed by atoms with E-state index in [1.807, 2.05) is 10.6 Å². The Labute approximate surface area is 98.9 Å². The van der Waals surface area contributed by atoms with Gasteiger partial charge in [-0.05, 0) is 25.0 Å². The smallest absolute Gasteiger partial charge is 0.261 e. The Kier molecular flexibility index (Phi) is 2.38. The molecular weight excluding hydrogens is 220 g/mol. The maximum Gasteiger partial charge on any atom is 0.406 e. The maximum absolute atomic E-state index is 10.2. The van der Waals surface area contributed by atoms with Gasteiger partial charge in [0.15, 0.2) is 5.69 Å². The molecule has 0 unspecified atom stereocenters. The molecule has 1 fully saturated rings. The Morgan fingerprint density at radius 3 is 2.41 bits per heavy atom. The highest BCUT2D eigenvalue weighted by atomic mass is 16.6. The molecule has 0 saturated carbocycles. The molecule has 1 aromatic carbocycles. The van der Waals surface area contributed by atoms with Crippen molar-refractivity contribution < 1.29 is 15.0 Å². The van der Waals surface area contributed by atoms with Crippen LogP contribution in [0.5, 0.6) is 0 Å². The molecule has 0 atom stereocenters. The highest BCUT2D eigenvalue weighted by Gasteiger charge is 2.35. The fourth-order valence-corrected chi connectivity index (χ4v) is 2.27. The lowest BCUT2D eigenvalue weighted by atomic mass is 10.2. The van der Waals surface area contributed by atoms with Crippen LogP contribution in [0.15, 0.2) is 24.3 Å². The normalized spacial score (nSPS) is 19.4. The minimum atomic E-state index is 0.503. The van der Waals surface area contributed by atoms with Crippen molar-refractivity contribution in [3.05, 3.63) is 24.3 Å². The van der Waals surface area contributed by atoms with Crippen LogP contribution >= 0.6 is 0 Å². The van der Waals surface area contributed by atoms with E-state index in [1.54, 1.807) is 18.2 Å². The number of guanidine groups is 1. The minimum Gasteiger partial charge on any atom is -0.261 e. The number of rotatable bonds is 0. The lowest BCUT2D eigenvalue weighted by molar-refractivity contribution is -0.510. The second-order valence-electron chi connectivity index (χ2n) is 4.24. The van der Waals surface area contributed by atoms with Crippen LogP contribution in [0.4, 0.5) is 11.4 Å². The summed E-state index contributed by atoms with van der Waals surface area (Å²) in [6.07, 6.45) is 2.21.